The number of rotatable bonds is 11. The van der Waals surface area contributed by atoms with E-state index >= 15 is 0 Å². The minimum atomic E-state index is -0.756. The number of carbonyl (C=O) groups is 4. The van der Waals surface area contributed by atoms with Crippen molar-refractivity contribution in [2.75, 3.05) is 11.9 Å². The van der Waals surface area contributed by atoms with Crippen LogP contribution in [0.4, 0.5) is 19.7 Å². The van der Waals surface area contributed by atoms with Crippen LogP contribution in [0.2, 0.25) is 5.02 Å². The van der Waals surface area contributed by atoms with Crippen molar-refractivity contribution >= 4 is 52.1 Å². The molecule has 0 bridgehead atoms. The van der Waals surface area contributed by atoms with Crippen LogP contribution in [0.25, 0.3) is 10.9 Å². The Hall–Kier alpha value is -4.12. The van der Waals surface area contributed by atoms with Crippen LogP contribution < -0.4 is 16.4 Å². The van der Waals surface area contributed by atoms with E-state index in [0.29, 0.717) is 41.1 Å². The van der Waals surface area contributed by atoms with Gasteiger partial charge < -0.3 is 26.0 Å². The highest BCUT2D eigenvalue weighted by atomic mass is 35.5. The molecule has 4 atom stereocenters. The smallest absolute Gasteiger partial charge is 0.323 e. The number of likely N-dealkylation sites (tertiary alicyclic amines) is 1. The zero-order valence-electron chi connectivity index (χ0n) is 25.6. The van der Waals surface area contributed by atoms with Gasteiger partial charge in [0.25, 0.3) is 0 Å². The summed E-state index contributed by atoms with van der Waals surface area (Å²) in [6.45, 7) is 6.25. The van der Waals surface area contributed by atoms with Crippen LogP contribution in [0.15, 0.2) is 42.6 Å². The number of amides is 4. The highest BCUT2D eigenvalue weighted by Gasteiger charge is 2.63. The monoisotopic (exact) mass is 639 g/mol. The predicted molar refractivity (Wildman–Crippen MR) is 169 cm³/mol. The fraction of sp³-hybridized carbons (Fsp3) is 0.455. The molecule has 0 radical (unpaired) electrons. The topological polar surface area (TPSA) is 136 Å². The summed E-state index contributed by atoms with van der Waals surface area (Å²) in [5.41, 5.74) is 7.31. The maximum Gasteiger partial charge on any atom is 0.323 e. The first-order valence-corrected chi connectivity index (χ1v) is 15.8. The second kappa shape index (κ2) is 13.5. The number of nitrogens with two attached hydrogens (primary N) is 1. The summed E-state index contributed by atoms with van der Waals surface area (Å²) in [5, 5.41) is 6.21. The van der Waals surface area contributed by atoms with Crippen LogP contribution >= 0.6 is 11.6 Å². The van der Waals surface area contributed by atoms with E-state index in [4.69, 9.17) is 22.1 Å². The SMILES string of the molecule is CCCC[C@H]1C2[C@H]1C[C@@H](C(=O)NCc1cccc(Cl)c1F)N2C(=O)Nc1cn(C(N)=O)c2cc(CC(=O)OCC(C)C)ccc12. The molecule has 4 amide bonds. The molecule has 1 aliphatic carbocycles. The molecule has 240 valence electrons. The van der Waals surface area contributed by atoms with Gasteiger partial charge in [0, 0.05) is 29.7 Å². The molecule has 1 saturated heterocycles. The summed E-state index contributed by atoms with van der Waals surface area (Å²) in [5.74, 6) is -0.651. The number of halogens is 2. The zero-order valence-corrected chi connectivity index (χ0v) is 26.4. The van der Waals surface area contributed by atoms with Gasteiger partial charge in [-0.05, 0) is 48.3 Å². The molecule has 10 nitrogen and oxygen atoms in total. The average molecular weight is 640 g/mol. The van der Waals surface area contributed by atoms with Gasteiger partial charge in [0.1, 0.15) is 11.9 Å². The molecular weight excluding hydrogens is 601 g/mol. The minimum absolute atomic E-state index is 0.0141. The van der Waals surface area contributed by atoms with Crippen molar-refractivity contribution in [3.63, 3.8) is 0 Å². The Labute approximate surface area is 266 Å². The van der Waals surface area contributed by atoms with Gasteiger partial charge in [0.2, 0.25) is 5.91 Å². The number of esters is 1. The molecule has 5 rings (SSSR count). The maximum absolute atomic E-state index is 14.4. The van der Waals surface area contributed by atoms with Gasteiger partial charge in [-0.3, -0.25) is 14.2 Å². The molecule has 0 spiro atoms. The number of fused-ring (bicyclic) bond motifs is 2. The van der Waals surface area contributed by atoms with Gasteiger partial charge >= 0.3 is 18.0 Å². The molecule has 45 heavy (non-hydrogen) atoms. The third-order valence-corrected chi connectivity index (χ3v) is 8.92. The normalized spacial score (nSPS) is 20.3. The lowest BCUT2D eigenvalue weighted by Crippen LogP contribution is -2.50. The first-order valence-electron chi connectivity index (χ1n) is 15.4. The molecular formula is C33H39ClFN5O5. The minimum Gasteiger partial charge on any atom is -0.465 e. The number of primary amides is 1. The van der Waals surface area contributed by atoms with Crippen molar-refractivity contribution in [2.45, 2.75) is 71.5 Å². The van der Waals surface area contributed by atoms with Crippen LogP contribution in [-0.4, -0.2) is 52.1 Å². The number of benzene rings is 2. The maximum atomic E-state index is 14.4. The molecule has 1 aromatic heterocycles. The van der Waals surface area contributed by atoms with Crippen molar-refractivity contribution in [1.29, 1.82) is 0 Å². The largest absolute Gasteiger partial charge is 0.465 e. The van der Waals surface area contributed by atoms with Gasteiger partial charge in [0.05, 0.1) is 29.3 Å². The molecule has 2 fully saturated rings. The van der Waals surface area contributed by atoms with Gasteiger partial charge in [-0.25, -0.2) is 14.0 Å². The molecule has 1 aliphatic heterocycles. The fourth-order valence-electron chi connectivity index (χ4n) is 6.37. The number of unbranched alkanes of at least 4 members (excludes halogenated alkanes) is 1. The second-order valence-electron chi connectivity index (χ2n) is 12.3. The number of hydrogen-bond donors (Lipinski definition) is 3. The molecule has 1 saturated carbocycles. The van der Waals surface area contributed by atoms with Crippen LogP contribution in [0.3, 0.4) is 0 Å². The first-order chi connectivity index (χ1) is 21.5. The van der Waals surface area contributed by atoms with E-state index in [0.717, 1.165) is 19.3 Å². The summed E-state index contributed by atoms with van der Waals surface area (Å²) in [7, 11) is 0. The van der Waals surface area contributed by atoms with E-state index in [9.17, 15) is 23.6 Å². The second-order valence-corrected chi connectivity index (χ2v) is 12.7. The molecule has 4 N–H and O–H groups in total. The summed E-state index contributed by atoms with van der Waals surface area (Å²) in [6, 6.07) is 7.65. The lowest BCUT2D eigenvalue weighted by Gasteiger charge is -2.28. The lowest BCUT2D eigenvalue weighted by atomic mass is 10.0. The molecule has 2 aromatic carbocycles. The van der Waals surface area contributed by atoms with Crippen molar-refractivity contribution in [3.8, 4) is 0 Å². The third kappa shape index (κ3) is 6.93. The Bertz CT molecular complexity index is 1620. The van der Waals surface area contributed by atoms with Crippen molar-refractivity contribution in [2.24, 2.45) is 23.5 Å². The number of carbonyl (C=O) groups excluding carboxylic acids is 4. The van der Waals surface area contributed by atoms with Crippen LogP contribution in [0.1, 0.15) is 57.6 Å². The van der Waals surface area contributed by atoms with Crippen LogP contribution in [0.5, 0.6) is 0 Å². The molecule has 1 unspecified atom stereocenters. The van der Waals surface area contributed by atoms with Crippen LogP contribution in [0, 0.1) is 23.6 Å². The Morgan fingerprint density at radius 2 is 1.96 bits per heavy atom. The van der Waals surface area contributed by atoms with Crippen molar-refractivity contribution < 1.29 is 28.3 Å². The molecule has 2 heterocycles. The molecule has 12 heteroatoms. The van der Waals surface area contributed by atoms with Crippen LogP contribution in [-0.2, 0) is 27.3 Å². The Morgan fingerprint density at radius 3 is 2.67 bits per heavy atom. The number of anilines is 1. The Kier molecular flexibility index (Phi) is 9.67. The van der Waals surface area contributed by atoms with E-state index in [1.165, 1.54) is 16.8 Å². The number of urea groups is 1. The number of nitrogens with zero attached hydrogens (tertiary/aromatic N) is 2. The Balaban J connectivity index is 1.35. The van der Waals surface area contributed by atoms with Gasteiger partial charge in [-0.2, -0.15) is 0 Å². The summed E-state index contributed by atoms with van der Waals surface area (Å²) in [4.78, 5) is 53.5. The average Bonchev–Trinajstić information content (AvgIpc) is 3.31. The van der Waals surface area contributed by atoms with E-state index in [1.807, 2.05) is 13.8 Å². The predicted octanol–water partition coefficient (Wildman–Crippen LogP) is 5.83. The molecule has 3 aromatic rings. The quantitative estimate of drug-likeness (QED) is 0.227. The Morgan fingerprint density at radius 1 is 1.18 bits per heavy atom. The zero-order chi connectivity index (χ0) is 32.4. The summed E-state index contributed by atoms with van der Waals surface area (Å²) in [6.07, 6.45) is 4.98. The van der Waals surface area contributed by atoms with Crippen molar-refractivity contribution in [1.82, 2.24) is 14.8 Å². The first kappa shape index (κ1) is 32.3. The number of ether oxygens (including phenoxy) is 1. The number of aromatic nitrogens is 1. The van der Waals surface area contributed by atoms with E-state index in [2.05, 4.69) is 17.6 Å². The van der Waals surface area contributed by atoms with E-state index < -0.39 is 23.9 Å². The third-order valence-electron chi connectivity index (χ3n) is 8.63. The van der Waals surface area contributed by atoms with Gasteiger partial charge in [0.15, 0.2) is 0 Å². The number of piperidine rings is 1. The number of nitrogens with one attached hydrogen (secondary N) is 2. The molecule has 2 aliphatic rings. The highest BCUT2D eigenvalue weighted by Crippen LogP contribution is 2.55. The van der Waals surface area contributed by atoms with E-state index in [-0.39, 0.29) is 53.3 Å². The standard InChI is InChI=1S/C33H39ClFN5O5/c1-4-5-8-21-23-14-27(31(42)37-15-20-7-6-9-24(34)29(20)35)40(30(21)23)33(44)38-25-16-39(32(36)43)26-12-19(10-11-22(25)26)13-28(41)45-17-18(2)3/h6-7,9-12,16,18,21,23,27,30H,4-5,8,13-15,17H2,1-3H3,(H2,36,43)(H,37,42)(H,38,44)/t21-,23+,27+,30?/m1/s1. The van der Waals surface area contributed by atoms with Crippen molar-refractivity contribution in [3.05, 3.63) is 64.6 Å². The van der Waals surface area contributed by atoms with Gasteiger partial charge in [-0.1, -0.05) is 69.5 Å². The van der Waals surface area contributed by atoms with E-state index in [1.54, 1.807) is 35.2 Å². The van der Waals surface area contributed by atoms with Gasteiger partial charge in [-0.15, -0.1) is 0 Å². The summed E-state index contributed by atoms with van der Waals surface area (Å²) < 4.78 is 20.9. The highest BCUT2D eigenvalue weighted by molar-refractivity contribution is 6.30. The fourth-order valence-corrected chi connectivity index (χ4v) is 6.57. The lowest BCUT2D eigenvalue weighted by molar-refractivity contribution is -0.143. The summed E-state index contributed by atoms with van der Waals surface area (Å²) >= 11 is 5.90. The number of hydrogen-bond acceptors (Lipinski definition) is 5.